The molecular weight excluding hydrogens is 214 g/mol. The third-order valence-electron chi connectivity index (χ3n) is 2.50. The van der Waals surface area contributed by atoms with Gasteiger partial charge in [0.05, 0.1) is 6.54 Å². The first-order valence-electron chi connectivity index (χ1n) is 5.85. The highest BCUT2D eigenvalue weighted by atomic mass is 16.2. The molecule has 1 unspecified atom stereocenters. The SMILES string of the molecule is CC(CN)CN(C)CC(=O)Nc1ccccc1. The summed E-state index contributed by atoms with van der Waals surface area (Å²) in [5.74, 6) is 0.410. The molecule has 0 saturated carbocycles. The zero-order valence-electron chi connectivity index (χ0n) is 10.5. The maximum atomic E-state index is 11.7. The molecule has 0 aliphatic heterocycles. The van der Waals surface area contributed by atoms with E-state index in [0.29, 0.717) is 19.0 Å². The first kappa shape index (κ1) is 13.7. The van der Waals surface area contributed by atoms with E-state index in [2.05, 4.69) is 12.2 Å². The Morgan fingerprint density at radius 3 is 2.65 bits per heavy atom. The van der Waals surface area contributed by atoms with E-state index in [-0.39, 0.29) is 5.91 Å². The molecule has 0 spiro atoms. The first-order valence-corrected chi connectivity index (χ1v) is 5.85. The maximum Gasteiger partial charge on any atom is 0.238 e. The van der Waals surface area contributed by atoms with Crippen LogP contribution in [0.5, 0.6) is 0 Å². The lowest BCUT2D eigenvalue weighted by atomic mass is 10.2. The van der Waals surface area contributed by atoms with Crippen LogP contribution in [0.1, 0.15) is 6.92 Å². The molecule has 0 fully saturated rings. The van der Waals surface area contributed by atoms with Crippen LogP contribution in [0.3, 0.4) is 0 Å². The van der Waals surface area contributed by atoms with E-state index < -0.39 is 0 Å². The Hall–Kier alpha value is -1.39. The van der Waals surface area contributed by atoms with Crippen LogP contribution in [-0.4, -0.2) is 37.5 Å². The van der Waals surface area contributed by atoms with Crippen molar-refractivity contribution >= 4 is 11.6 Å². The third kappa shape index (κ3) is 5.47. The van der Waals surface area contributed by atoms with Gasteiger partial charge < -0.3 is 11.1 Å². The molecule has 94 valence electrons. The zero-order valence-corrected chi connectivity index (χ0v) is 10.5. The van der Waals surface area contributed by atoms with Crippen LogP contribution >= 0.6 is 0 Å². The molecule has 4 heteroatoms. The number of amides is 1. The third-order valence-corrected chi connectivity index (χ3v) is 2.50. The molecule has 0 heterocycles. The van der Waals surface area contributed by atoms with Gasteiger partial charge in [0, 0.05) is 12.2 Å². The number of rotatable bonds is 6. The number of nitrogens with zero attached hydrogens (tertiary/aromatic N) is 1. The highest BCUT2D eigenvalue weighted by Gasteiger charge is 2.09. The summed E-state index contributed by atoms with van der Waals surface area (Å²) in [6.45, 7) is 3.94. The number of hydrogen-bond acceptors (Lipinski definition) is 3. The number of carbonyl (C=O) groups is 1. The highest BCUT2D eigenvalue weighted by molar-refractivity contribution is 5.92. The molecule has 1 rings (SSSR count). The number of anilines is 1. The van der Waals surface area contributed by atoms with E-state index in [1.165, 1.54) is 0 Å². The molecule has 1 aromatic carbocycles. The normalized spacial score (nSPS) is 12.5. The van der Waals surface area contributed by atoms with Crippen LogP contribution in [0.2, 0.25) is 0 Å². The Labute approximate surface area is 103 Å². The molecule has 1 amide bonds. The fourth-order valence-corrected chi connectivity index (χ4v) is 1.64. The lowest BCUT2D eigenvalue weighted by molar-refractivity contribution is -0.117. The largest absolute Gasteiger partial charge is 0.330 e. The highest BCUT2D eigenvalue weighted by Crippen LogP contribution is 2.05. The average molecular weight is 235 g/mol. The van der Waals surface area contributed by atoms with Gasteiger partial charge in [-0.15, -0.1) is 0 Å². The number of carbonyl (C=O) groups excluding carboxylic acids is 1. The summed E-state index contributed by atoms with van der Waals surface area (Å²) >= 11 is 0. The molecule has 4 nitrogen and oxygen atoms in total. The summed E-state index contributed by atoms with van der Waals surface area (Å²) in [6.07, 6.45) is 0. The van der Waals surface area contributed by atoms with E-state index in [4.69, 9.17) is 5.73 Å². The van der Waals surface area contributed by atoms with Gasteiger partial charge >= 0.3 is 0 Å². The Kier molecular flexibility index (Phi) is 5.66. The quantitative estimate of drug-likeness (QED) is 0.777. The number of para-hydroxylation sites is 1. The lowest BCUT2D eigenvalue weighted by Gasteiger charge is -2.19. The van der Waals surface area contributed by atoms with Gasteiger partial charge in [0.15, 0.2) is 0 Å². The molecule has 0 aliphatic carbocycles. The van der Waals surface area contributed by atoms with Crippen molar-refractivity contribution in [1.29, 1.82) is 0 Å². The van der Waals surface area contributed by atoms with Crippen LogP contribution < -0.4 is 11.1 Å². The van der Waals surface area contributed by atoms with E-state index in [0.717, 1.165) is 12.2 Å². The molecule has 0 saturated heterocycles. The van der Waals surface area contributed by atoms with E-state index in [9.17, 15) is 4.79 Å². The smallest absolute Gasteiger partial charge is 0.238 e. The van der Waals surface area contributed by atoms with Gasteiger partial charge in [-0.05, 0) is 31.6 Å². The summed E-state index contributed by atoms with van der Waals surface area (Å²) in [7, 11) is 1.93. The number of nitrogens with one attached hydrogen (secondary N) is 1. The van der Waals surface area contributed by atoms with Crippen molar-refractivity contribution < 1.29 is 4.79 Å². The van der Waals surface area contributed by atoms with Crippen molar-refractivity contribution in [3.05, 3.63) is 30.3 Å². The molecule has 1 aromatic rings. The van der Waals surface area contributed by atoms with Gasteiger partial charge in [-0.3, -0.25) is 9.69 Å². The Morgan fingerprint density at radius 2 is 2.06 bits per heavy atom. The van der Waals surface area contributed by atoms with Crippen molar-refractivity contribution in [2.75, 3.05) is 32.0 Å². The second-order valence-electron chi connectivity index (χ2n) is 4.45. The van der Waals surface area contributed by atoms with Crippen LogP contribution in [0.15, 0.2) is 30.3 Å². The average Bonchev–Trinajstić information content (AvgIpc) is 2.29. The Balaban J connectivity index is 2.34. The summed E-state index contributed by atoms with van der Waals surface area (Å²) in [4.78, 5) is 13.7. The predicted octanol–water partition coefficient (Wildman–Crippen LogP) is 1.15. The zero-order chi connectivity index (χ0) is 12.7. The molecule has 0 aliphatic rings. The van der Waals surface area contributed by atoms with Crippen molar-refractivity contribution in [3.8, 4) is 0 Å². The Morgan fingerprint density at radius 1 is 1.41 bits per heavy atom. The summed E-state index contributed by atoms with van der Waals surface area (Å²) in [5.41, 5.74) is 6.38. The molecule has 0 bridgehead atoms. The van der Waals surface area contributed by atoms with Gasteiger partial charge in [-0.25, -0.2) is 0 Å². The molecule has 3 N–H and O–H groups in total. The fourth-order valence-electron chi connectivity index (χ4n) is 1.64. The van der Waals surface area contributed by atoms with E-state index >= 15 is 0 Å². The Bertz CT molecular complexity index is 340. The number of benzene rings is 1. The molecule has 1 atom stereocenters. The van der Waals surface area contributed by atoms with Gasteiger partial charge in [0.2, 0.25) is 5.91 Å². The first-order chi connectivity index (χ1) is 8.11. The molecular formula is C13H21N3O. The lowest BCUT2D eigenvalue weighted by Crippen LogP contribution is -2.34. The van der Waals surface area contributed by atoms with Crippen molar-refractivity contribution in [2.45, 2.75) is 6.92 Å². The number of likely N-dealkylation sites (N-methyl/N-ethyl adjacent to an activating group) is 1. The number of hydrogen-bond donors (Lipinski definition) is 2. The monoisotopic (exact) mass is 235 g/mol. The summed E-state index contributed by atoms with van der Waals surface area (Å²) < 4.78 is 0. The predicted molar refractivity (Wildman–Crippen MR) is 70.8 cm³/mol. The molecule has 0 aromatic heterocycles. The van der Waals surface area contributed by atoms with Gasteiger partial charge in [0.1, 0.15) is 0 Å². The van der Waals surface area contributed by atoms with Crippen molar-refractivity contribution in [1.82, 2.24) is 4.90 Å². The topological polar surface area (TPSA) is 58.4 Å². The maximum absolute atomic E-state index is 11.7. The van der Waals surface area contributed by atoms with Gasteiger partial charge in [-0.1, -0.05) is 25.1 Å². The van der Waals surface area contributed by atoms with Crippen molar-refractivity contribution in [3.63, 3.8) is 0 Å². The van der Waals surface area contributed by atoms with Crippen LogP contribution in [-0.2, 0) is 4.79 Å². The van der Waals surface area contributed by atoms with Crippen LogP contribution in [0, 0.1) is 5.92 Å². The molecule has 0 radical (unpaired) electrons. The second-order valence-corrected chi connectivity index (χ2v) is 4.45. The van der Waals surface area contributed by atoms with E-state index in [1.54, 1.807) is 0 Å². The van der Waals surface area contributed by atoms with Crippen LogP contribution in [0.25, 0.3) is 0 Å². The minimum atomic E-state index is 0.00271. The standard InChI is InChI=1S/C13H21N3O/c1-11(8-14)9-16(2)10-13(17)15-12-6-4-3-5-7-12/h3-7,11H,8-10,14H2,1-2H3,(H,15,17). The minimum Gasteiger partial charge on any atom is -0.330 e. The molecule has 17 heavy (non-hydrogen) atoms. The minimum absolute atomic E-state index is 0.00271. The van der Waals surface area contributed by atoms with Gasteiger partial charge in [-0.2, -0.15) is 0 Å². The number of nitrogens with two attached hydrogens (primary N) is 1. The van der Waals surface area contributed by atoms with Gasteiger partial charge in [0.25, 0.3) is 0 Å². The fraction of sp³-hybridized carbons (Fsp3) is 0.462. The van der Waals surface area contributed by atoms with Crippen LogP contribution in [0.4, 0.5) is 5.69 Å². The summed E-state index contributed by atoms with van der Waals surface area (Å²) in [6, 6.07) is 9.47. The second kappa shape index (κ2) is 7.04. The summed E-state index contributed by atoms with van der Waals surface area (Å²) in [5, 5.41) is 2.85. The van der Waals surface area contributed by atoms with E-state index in [1.807, 2.05) is 42.3 Å². The van der Waals surface area contributed by atoms with Crippen molar-refractivity contribution in [2.24, 2.45) is 11.7 Å².